The van der Waals surface area contributed by atoms with E-state index >= 15 is 0 Å². The molecule has 166 valence electrons. The second-order valence-corrected chi connectivity index (χ2v) is 7.52. The van der Waals surface area contributed by atoms with Crippen molar-refractivity contribution in [2.24, 2.45) is 0 Å². The van der Waals surface area contributed by atoms with Crippen LogP contribution in [-0.4, -0.2) is 19.2 Å². The van der Waals surface area contributed by atoms with E-state index < -0.39 is 23.4 Å². The highest BCUT2D eigenvalue weighted by atomic mass is 19.4. The standard InChI is InChI=1S/C26H19F3N2O2/c27-26(28,29)24-14-17(11-12-18(24)15-30)6-5-13-31-25(32)33-16-23-21-9-3-1-7-19(21)20-8-2-4-10-22(20)23/h1-12,14,23H,13,16H2,(H,31,32). The number of halogens is 3. The van der Waals surface area contributed by atoms with Crippen LogP contribution in [0.15, 0.2) is 72.8 Å². The minimum Gasteiger partial charge on any atom is -0.449 e. The summed E-state index contributed by atoms with van der Waals surface area (Å²) in [5, 5.41) is 11.4. The van der Waals surface area contributed by atoms with E-state index in [4.69, 9.17) is 10.00 Å². The molecular formula is C26H19F3N2O2. The molecule has 0 radical (unpaired) electrons. The van der Waals surface area contributed by atoms with Crippen molar-refractivity contribution in [3.8, 4) is 17.2 Å². The zero-order valence-corrected chi connectivity index (χ0v) is 17.4. The maximum atomic E-state index is 13.1. The molecule has 4 rings (SSSR count). The van der Waals surface area contributed by atoms with Crippen LogP contribution < -0.4 is 5.32 Å². The molecular weight excluding hydrogens is 429 g/mol. The second-order valence-electron chi connectivity index (χ2n) is 7.52. The van der Waals surface area contributed by atoms with Gasteiger partial charge in [0.1, 0.15) is 6.61 Å². The molecule has 0 fully saturated rings. The van der Waals surface area contributed by atoms with Gasteiger partial charge in [-0.15, -0.1) is 0 Å². The van der Waals surface area contributed by atoms with Gasteiger partial charge in [0.05, 0.1) is 17.2 Å². The largest absolute Gasteiger partial charge is 0.449 e. The first-order valence-corrected chi connectivity index (χ1v) is 10.2. The van der Waals surface area contributed by atoms with Crippen LogP contribution in [0.1, 0.15) is 33.7 Å². The van der Waals surface area contributed by atoms with E-state index in [0.29, 0.717) is 0 Å². The number of nitrogens with zero attached hydrogens (tertiary/aromatic N) is 1. The molecule has 0 saturated heterocycles. The normalized spacial score (nSPS) is 12.8. The number of hydrogen-bond acceptors (Lipinski definition) is 3. The van der Waals surface area contributed by atoms with E-state index in [2.05, 4.69) is 5.32 Å². The number of nitriles is 1. The van der Waals surface area contributed by atoms with Gasteiger partial charge in [-0.1, -0.05) is 66.7 Å². The third kappa shape index (κ3) is 4.75. The second kappa shape index (κ2) is 9.21. The quantitative estimate of drug-likeness (QED) is 0.511. The van der Waals surface area contributed by atoms with E-state index in [1.165, 1.54) is 18.2 Å². The molecule has 7 heteroatoms. The summed E-state index contributed by atoms with van der Waals surface area (Å²) in [6.07, 6.45) is -2.27. The number of rotatable bonds is 5. The average molecular weight is 448 g/mol. The lowest BCUT2D eigenvalue weighted by atomic mass is 9.98. The number of ether oxygens (including phenoxy) is 1. The van der Waals surface area contributed by atoms with Crippen LogP contribution in [0.5, 0.6) is 0 Å². The Balaban J connectivity index is 1.34. The van der Waals surface area contributed by atoms with Gasteiger partial charge in [-0.05, 0) is 39.9 Å². The summed E-state index contributed by atoms with van der Waals surface area (Å²) in [7, 11) is 0. The number of benzene rings is 3. The Hall–Kier alpha value is -4.05. The molecule has 1 N–H and O–H groups in total. The van der Waals surface area contributed by atoms with E-state index in [1.54, 1.807) is 6.07 Å². The van der Waals surface area contributed by atoms with Crippen molar-refractivity contribution in [1.29, 1.82) is 5.26 Å². The van der Waals surface area contributed by atoms with Gasteiger partial charge in [-0.3, -0.25) is 0 Å². The molecule has 1 aliphatic carbocycles. The lowest BCUT2D eigenvalue weighted by molar-refractivity contribution is -0.137. The van der Waals surface area contributed by atoms with E-state index in [-0.39, 0.29) is 24.6 Å². The van der Waals surface area contributed by atoms with E-state index in [1.807, 2.05) is 48.5 Å². The van der Waals surface area contributed by atoms with Gasteiger partial charge in [0.2, 0.25) is 0 Å². The minimum absolute atomic E-state index is 0.0573. The van der Waals surface area contributed by atoms with Crippen molar-refractivity contribution >= 4 is 12.2 Å². The highest BCUT2D eigenvalue weighted by molar-refractivity contribution is 5.79. The minimum atomic E-state index is -4.62. The summed E-state index contributed by atoms with van der Waals surface area (Å²) < 4.78 is 44.6. The molecule has 0 spiro atoms. The fraction of sp³-hybridized carbons (Fsp3) is 0.154. The van der Waals surface area contributed by atoms with Crippen molar-refractivity contribution in [2.75, 3.05) is 13.2 Å². The van der Waals surface area contributed by atoms with E-state index in [0.717, 1.165) is 34.4 Å². The maximum absolute atomic E-state index is 13.1. The fourth-order valence-electron chi connectivity index (χ4n) is 3.98. The zero-order valence-electron chi connectivity index (χ0n) is 17.4. The Morgan fingerprint density at radius 3 is 2.27 bits per heavy atom. The Bertz CT molecular complexity index is 1210. The maximum Gasteiger partial charge on any atom is 0.417 e. The lowest BCUT2D eigenvalue weighted by Gasteiger charge is -2.14. The van der Waals surface area contributed by atoms with Crippen molar-refractivity contribution in [1.82, 2.24) is 5.32 Å². The Morgan fingerprint density at radius 2 is 1.67 bits per heavy atom. The molecule has 0 bridgehead atoms. The first-order chi connectivity index (χ1) is 15.9. The predicted octanol–water partition coefficient (Wildman–Crippen LogP) is 6.13. The summed E-state index contributed by atoms with van der Waals surface area (Å²) in [4.78, 5) is 12.2. The number of alkyl carbamates (subject to hydrolysis) is 1. The molecule has 1 amide bonds. The molecule has 33 heavy (non-hydrogen) atoms. The molecule has 0 aliphatic heterocycles. The monoisotopic (exact) mass is 448 g/mol. The van der Waals surface area contributed by atoms with Crippen LogP contribution in [0.4, 0.5) is 18.0 Å². The van der Waals surface area contributed by atoms with Crippen LogP contribution >= 0.6 is 0 Å². The summed E-state index contributed by atoms with van der Waals surface area (Å²) in [5.41, 5.74) is 3.32. The van der Waals surface area contributed by atoms with Gasteiger partial charge in [0.15, 0.2) is 0 Å². The smallest absolute Gasteiger partial charge is 0.417 e. The topological polar surface area (TPSA) is 62.1 Å². The molecule has 0 unspecified atom stereocenters. The van der Waals surface area contributed by atoms with Crippen molar-refractivity contribution in [3.63, 3.8) is 0 Å². The van der Waals surface area contributed by atoms with Crippen molar-refractivity contribution in [3.05, 3.63) is 101 Å². The van der Waals surface area contributed by atoms with Gasteiger partial charge < -0.3 is 10.1 Å². The Kier molecular flexibility index (Phi) is 6.18. The summed E-state index contributed by atoms with van der Waals surface area (Å²) in [6.45, 7) is 0.256. The van der Waals surface area contributed by atoms with Crippen LogP contribution in [0, 0.1) is 11.3 Å². The third-order valence-electron chi connectivity index (χ3n) is 5.49. The number of carbonyl (C=O) groups is 1. The molecule has 3 aromatic carbocycles. The number of nitrogens with one attached hydrogen (secondary N) is 1. The van der Waals surface area contributed by atoms with E-state index in [9.17, 15) is 18.0 Å². The molecule has 3 aromatic rings. The van der Waals surface area contributed by atoms with Gasteiger partial charge in [0, 0.05) is 12.5 Å². The third-order valence-corrected chi connectivity index (χ3v) is 5.49. The number of alkyl halides is 3. The highest BCUT2D eigenvalue weighted by Gasteiger charge is 2.33. The number of hydrogen-bond donors (Lipinski definition) is 1. The molecule has 0 saturated carbocycles. The van der Waals surface area contributed by atoms with Crippen molar-refractivity contribution < 1.29 is 22.7 Å². The SMILES string of the molecule is N#Cc1ccc(C=CCNC(=O)OCC2c3ccccc3-c3ccccc32)cc1C(F)(F)F. The first kappa shape index (κ1) is 22.2. The van der Waals surface area contributed by atoms with Gasteiger partial charge in [-0.25, -0.2) is 4.79 Å². The first-order valence-electron chi connectivity index (χ1n) is 10.2. The molecule has 0 atom stereocenters. The van der Waals surface area contributed by atoms with Gasteiger partial charge >= 0.3 is 12.3 Å². The summed E-state index contributed by atoms with van der Waals surface area (Å²) in [6, 6.07) is 21.0. The van der Waals surface area contributed by atoms with Crippen LogP contribution in [0.3, 0.4) is 0 Å². The van der Waals surface area contributed by atoms with Crippen LogP contribution in [0.25, 0.3) is 17.2 Å². The number of carbonyl (C=O) groups excluding carboxylic acids is 1. The highest BCUT2D eigenvalue weighted by Crippen LogP contribution is 2.44. The zero-order chi connectivity index (χ0) is 23.4. The Labute approximate surface area is 188 Å². The fourth-order valence-corrected chi connectivity index (χ4v) is 3.98. The van der Waals surface area contributed by atoms with Gasteiger partial charge in [-0.2, -0.15) is 18.4 Å². The molecule has 0 aromatic heterocycles. The van der Waals surface area contributed by atoms with Crippen LogP contribution in [-0.2, 0) is 10.9 Å². The summed E-state index contributed by atoms with van der Waals surface area (Å²) >= 11 is 0. The Morgan fingerprint density at radius 1 is 1.03 bits per heavy atom. The molecule has 1 aliphatic rings. The lowest BCUT2D eigenvalue weighted by Crippen LogP contribution is -2.26. The predicted molar refractivity (Wildman–Crippen MR) is 118 cm³/mol. The number of fused-ring (bicyclic) bond motifs is 3. The summed E-state index contributed by atoms with van der Waals surface area (Å²) in [5.74, 6) is -0.0573. The molecule has 0 heterocycles. The average Bonchev–Trinajstić information content (AvgIpc) is 3.13. The van der Waals surface area contributed by atoms with Crippen molar-refractivity contribution in [2.45, 2.75) is 12.1 Å². The van der Waals surface area contributed by atoms with Gasteiger partial charge in [0.25, 0.3) is 0 Å². The molecule has 4 nitrogen and oxygen atoms in total. The number of amides is 1. The van der Waals surface area contributed by atoms with Crippen LogP contribution in [0.2, 0.25) is 0 Å².